The van der Waals surface area contributed by atoms with Gasteiger partial charge >= 0.3 is 0 Å². The lowest BCUT2D eigenvalue weighted by Crippen LogP contribution is -2.39. The van der Waals surface area contributed by atoms with Crippen molar-refractivity contribution in [3.05, 3.63) is 90.3 Å². The van der Waals surface area contributed by atoms with Gasteiger partial charge in [-0.3, -0.25) is 9.59 Å². The Morgan fingerprint density at radius 3 is 2.44 bits per heavy atom. The van der Waals surface area contributed by atoms with Gasteiger partial charge in [0.05, 0.1) is 11.0 Å². The molecule has 1 aliphatic rings. The number of nitrogens with zero attached hydrogens (tertiary/aromatic N) is 4. The van der Waals surface area contributed by atoms with Crippen molar-refractivity contribution in [2.24, 2.45) is 0 Å². The van der Waals surface area contributed by atoms with Crippen LogP contribution in [0.4, 0.5) is 11.4 Å². The van der Waals surface area contributed by atoms with Crippen LogP contribution in [-0.2, 0) is 22.6 Å². The molecule has 0 saturated carbocycles. The molecular formula is C30H32N4O2. The maximum atomic E-state index is 13.7. The van der Waals surface area contributed by atoms with Crippen molar-refractivity contribution in [3.63, 3.8) is 0 Å². The number of carbonyl (C=O) groups excluding carboxylic acids is 2. The summed E-state index contributed by atoms with van der Waals surface area (Å²) < 4.78 is 2.02. The molecule has 1 saturated heterocycles. The fourth-order valence-corrected chi connectivity index (χ4v) is 5.29. The Hall–Kier alpha value is -3.93. The minimum atomic E-state index is -0.0909. The number of amides is 2. The molecule has 0 aliphatic carbocycles. The lowest BCUT2D eigenvalue weighted by Gasteiger charge is -2.28. The van der Waals surface area contributed by atoms with Gasteiger partial charge in [0.25, 0.3) is 0 Å². The molecule has 6 nitrogen and oxygen atoms in total. The number of rotatable bonds is 7. The van der Waals surface area contributed by atoms with Crippen LogP contribution in [0.2, 0.25) is 0 Å². The summed E-state index contributed by atoms with van der Waals surface area (Å²) in [6.07, 6.45) is 1.24. The number of hydrogen-bond donors (Lipinski definition) is 0. The minimum absolute atomic E-state index is 0.00175. The van der Waals surface area contributed by atoms with E-state index in [0.29, 0.717) is 13.0 Å². The van der Waals surface area contributed by atoms with Crippen molar-refractivity contribution in [2.75, 3.05) is 16.3 Å². The first-order valence-corrected chi connectivity index (χ1v) is 12.7. The maximum absolute atomic E-state index is 13.7. The van der Waals surface area contributed by atoms with Crippen molar-refractivity contribution in [1.82, 2.24) is 9.55 Å². The highest BCUT2D eigenvalue weighted by atomic mass is 16.2. The van der Waals surface area contributed by atoms with Gasteiger partial charge < -0.3 is 14.4 Å². The van der Waals surface area contributed by atoms with Crippen LogP contribution >= 0.6 is 0 Å². The van der Waals surface area contributed by atoms with E-state index in [9.17, 15) is 9.59 Å². The van der Waals surface area contributed by atoms with E-state index in [2.05, 4.69) is 13.0 Å². The summed E-state index contributed by atoms with van der Waals surface area (Å²) in [7, 11) is 0. The molecular weight excluding hydrogens is 448 g/mol. The molecule has 4 aromatic rings. The molecule has 0 spiro atoms. The number of benzene rings is 3. The Kier molecular flexibility index (Phi) is 6.59. The number of aromatic nitrogens is 2. The largest absolute Gasteiger partial charge is 0.318 e. The van der Waals surface area contributed by atoms with E-state index < -0.39 is 0 Å². The number of carbonyl (C=O) groups is 2. The van der Waals surface area contributed by atoms with Crippen LogP contribution in [0.3, 0.4) is 0 Å². The van der Waals surface area contributed by atoms with Crippen molar-refractivity contribution < 1.29 is 9.59 Å². The first kappa shape index (κ1) is 23.8. The molecule has 0 radical (unpaired) electrons. The standard InChI is InChI=1S/C30H32N4O2/c1-4-22-12-8-10-16-26(22)32-19-23(18-28(32)35)30-31-25-15-9-11-17-27(25)33(30)20-29(36)34(21(2)3)24-13-6-5-7-14-24/h5-17,21,23H,4,18-20H2,1-3H3/t23-/m0/s1. The van der Waals surface area contributed by atoms with Gasteiger partial charge in [-0.2, -0.15) is 0 Å². The lowest BCUT2D eigenvalue weighted by atomic mass is 10.1. The molecule has 184 valence electrons. The maximum Gasteiger partial charge on any atom is 0.247 e. The summed E-state index contributed by atoms with van der Waals surface area (Å²) in [5, 5.41) is 0. The first-order valence-electron chi connectivity index (χ1n) is 12.7. The number of fused-ring (bicyclic) bond motifs is 1. The second-order valence-corrected chi connectivity index (χ2v) is 9.63. The molecule has 1 aliphatic heterocycles. The topological polar surface area (TPSA) is 58.4 Å². The molecule has 1 aromatic heterocycles. The van der Waals surface area contributed by atoms with Gasteiger partial charge in [0.15, 0.2) is 0 Å². The normalized spacial score (nSPS) is 15.7. The predicted octanol–water partition coefficient (Wildman–Crippen LogP) is 5.56. The van der Waals surface area contributed by atoms with Crippen molar-refractivity contribution in [2.45, 2.75) is 52.1 Å². The van der Waals surface area contributed by atoms with E-state index in [4.69, 9.17) is 4.98 Å². The molecule has 1 atom stereocenters. The molecule has 0 bridgehead atoms. The summed E-state index contributed by atoms with van der Waals surface area (Å²) in [5.41, 5.74) is 4.77. The molecule has 6 heteroatoms. The molecule has 0 N–H and O–H groups in total. The van der Waals surface area contributed by atoms with Crippen LogP contribution in [0.5, 0.6) is 0 Å². The number of para-hydroxylation sites is 4. The van der Waals surface area contributed by atoms with Gasteiger partial charge in [-0.05, 0) is 56.2 Å². The van der Waals surface area contributed by atoms with Gasteiger partial charge in [-0.25, -0.2) is 4.98 Å². The summed E-state index contributed by atoms with van der Waals surface area (Å²) in [6, 6.07) is 25.8. The van der Waals surface area contributed by atoms with E-state index in [-0.39, 0.29) is 30.3 Å². The molecule has 36 heavy (non-hydrogen) atoms. The first-order chi connectivity index (χ1) is 17.5. The van der Waals surface area contributed by atoms with E-state index in [1.807, 2.05) is 101 Å². The highest BCUT2D eigenvalue weighted by Gasteiger charge is 2.36. The lowest BCUT2D eigenvalue weighted by molar-refractivity contribution is -0.119. The summed E-state index contributed by atoms with van der Waals surface area (Å²) in [4.78, 5) is 35.5. The van der Waals surface area contributed by atoms with Gasteiger partial charge in [-0.1, -0.05) is 55.5 Å². The third kappa shape index (κ3) is 4.39. The zero-order chi connectivity index (χ0) is 25.2. The molecule has 3 aromatic carbocycles. The van der Waals surface area contributed by atoms with E-state index >= 15 is 0 Å². The highest BCUT2D eigenvalue weighted by molar-refractivity contribution is 5.97. The SMILES string of the molecule is CCc1ccccc1N1C[C@@H](c2nc3ccccc3n2CC(=O)N(c2ccccc2)C(C)C)CC1=O. The minimum Gasteiger partial charge on any atom is -0.318 e. The molecule has 5 rings (SSSR count). The van der Waals surface area contributed by atoms with E-state index in [1.165, 1.54) is 0 Å². The fraction of sp³-hybridized carbons (Fsp3) is 0.300. The van der Waals surface area contributed by atoms with Crippen LogP contribution in [0.25, 0.3) is 11.0 Å². The highest BCUT2D eigenvalue weighted by Crippen LogP contribution is 2.35. The second-order valence-electron chi connectivity index (χ2n) is 9.63. The molecule has 2 heterocycles. The molecule has 0 unspecified atom stereocenters. The summed E-state index contributed by atoms with van der Waals surface area (Å²) >= 11 is 0. The van der Waals surface area contributed by atoms with Crippen molar-refractivity contribution in [3.8, 4) is 0 Å². The Labute approximate surface area is 212 Å². The molecule has 2 amide bonds. The summed E-state index contributed by atoms with van der Waals surface area (Å²) in [5.74, 6) is 0.801. The quantitative estimate of drug-likeness (QED) is 0.348. The van der Waals surface area contributed by atoms with Crippen molar-refractivity contribution >= 4 is 34.2 Å². The Balaban J connectivity index is 1.50. The average Bonchev–Trinajstić information content (AvgIpc) is 3.45. The predicted molar refractivity (Wildman–Crippen MR) is 144 cm³/mol. The van der Waals surface area contributed by atoms with Gasteiger partial charge in [0.1, 0.15) is 12.4 Å². The number of hydrogen-bond acceptors (Lipinski definition) is 3. The Bertz CT molecular complexity index is 1390. The van der Waals surface area contributed by atoms with Gasteiger partial charge in [-0.15, -0.1) is 0 Å². The zero-order valence-corrected chi connectivity index (χ0v) is 21.1. The van der Waals surface area contributed by atoms with Crippen LogP contribution < -0.4 is 9.80 Å². The summed E-state index contributed by atoms with van der Waals surface area (Å²) in [6.45, 7) is 6.88. The smallest absolute Gasteiger partial charge is 0.247 e. The third-order valence-electron chi connectivity index (χ3n) is 6.95. The van der Waals surface area contributed by atoms with Crippen LogP contribution in [-0.4, -0.2) is 34.0 Å². The van der Waals surface area contributed by atoms with Gasteiger partial charge in [0.2, 0.25) is 11.8 Å². The van der Waals surface area contributed by atoms with E-state index in [1.54, 1.807) is 0 Å². The third-order valence-corrected chi connectivity index (χ3v) is 6.95. The van der Waals surface area contributed by atoms with Crippen LogP contribution in [0.1, 0.15) is 44.5 Å². The second kappa shape index (κ2) is 9.97. The number of aryl methyl sites for hydroxylation is 1. The van der Waals surface area contributed by atoms with Crippen molar-refractivity contribution in [1.29, 1.82) is 0 Å². The Morgan fingerprint density at radius 1 is 1.00 bits per heavy atom. The van der Waals surface area contributed by atoms with Crippen LogP contribution in [0.15, 0.2) is 78.9 Å². The van der Waals surface area contributed by atoms with E-state index in [0.717, 1.165) is 40.2 Å². The van der Waals surface area contributed by atoms with Crippen LogP contribution in [0, 0.1) is 0 Å². The average molecular weight is 481 g/mol. The zero-order valence-electron chi connectivity index (χ0n) is 21.1. The van der Waals surface area contributed by atoms with Gasteiger partial charge in [0, 0.05) is 36.3 Å². The molecule has 1 fully saturated rings. The monoisotopic (exact) mass is 480 g/mol. The fourth-order valence-electron chi connectivity index (χ4n) is 5.29. The number of anilines is 2. The Morgan fingerprint density at radius 2 is 1.69 bits per heavy atom. The number of imidazole rings is 1.